The number of para-hydroxylation sites is 2. The van der Waals surface area contributed by atoms with Crippen LogP contribution in [0.15, 0.2) is 59.5 Å². The highest BCUT2D eigenvalue weighted by atomic mass is 35.5. The minimum atomic E-state index is -5.03. The Labute approximate surface area is 226 Å². The molecule has 0 bridgehead atoms. The Bertz CT molecular complexity index is 1540. The summed E-state index contributed by atoms with van der Waals surface area (Å²) in [5.74, 6) is -0.982. The third kappa shape index (κ3) is 6.48. The summed E-state index contributed by atoms with van der Waals surface area (Å²) in [6.07, 6.45) is -13.0. The van der Waals surface area contributed by atoms with Gasteiger partial charge in [0.25, 0.3) is 0 Å². The van der Waals surface area contributed by atoms with Crippen molar-refractivity contribution in [2.45, 2.75) is 44.8 Å². The van der Waals surface area contributed by atoms with Gasteiger partial charge in [0.1, 0.15) is 11.8 Å². The molecule has 214 valence electrons. The van der Waals surface area contributed by atoms with E-state index in [0.29, 0.717) is 10.6 Å². The summed E-state index contributed by atoms with van der Waals surface area (Å²) in [6, 6.07) is 10.8. The normalized spacial score (nSPS) is 13.8. The molecule has 0 aliphatic heterocycles. The van der Waals surface area contributed by atoms with Crippen LogP contribution in [0.4, 0.5) is 26.3 Å². The second kappa shape index (κ2) is 11.0. The predicted molar refractivity (Wildman–Crippen MR) is 129 cm³/mol. The number of aliphatic hydroxyl groups excluding tert-OH is 2. The van der Waals surface area contributed by atoms with Crippen molar-refractivity contribution in [2.75, 3.05) is 0 Å². The number of rotatable bonds is 8. The second-order valence-corrected chi connectivity index (χ2v) is 9.03. The number of ether oxygens (including phenoxy) is 1. The third-order valence-electron chi connectivity index (χ3n) is 5.60. The highest BCUT2D eigenvalue weighted by Crippen LogP contribution is 2.30. The SMILES string of the molecule is CC(O)c1nc(Cn2cc(-c3ccc(Cl)cc3)n(CC(O)C(F)(F)F)c2=O)nn1-c1ccccc1OC(F)(F)F. The van der Waals surface area contributed by atoms with E-state index in [1.807, 2.05) is 0 Å². The van der Waals surface area contributed by atoms with Crippen LogP contribution in [0, 0.1) is 0 Å². The Balaban J connectivity index is 1.78. The first-order valence-electron chi connectivity index (χ1n) is 11.4. The standard InChI is InChI=1S/C24H20ClF6N5O4/c1-13(37)21-32-20(33-36(21)16-4-2-3-5-18(16)40-24(29,30)31)12-34-10-17(14-6-8-15(25)9-7-14)35(22(34)39)11-19(38)23(26,27)28/h2-10,13,19,37-38H,11-12H2,1H3. The summed E-state index contributed by atoms with van der Waals surface area (Å²) in [7, 11) is 0. The van der Waals surface area contributed by atoms with Crippen molar-refractivity contribution >= 4 is 11.6 Å². The average Bonchev–Trinajstić information content (AvgIpc) is 3.40. The first-order chi connectivity index (χ1) is 18.6. The largest absolute Gasteiger partial charge is 0.573 e. The Morgan fingerprint density at radius 1 is 1.02 bits per heavy atom. The number of halogens is 7. The van der Waals surface area contributed by atoms with E-state index in [1.165, 1.54) is 55.6 Å². The summed E-state index contributed by atoms with van der Waals surface area (Å²) in [4.78, 5) is 17.3. The van der Waals surface area contributed by atoms with E-state index in [1.54, 1.807) is 0 Å². The predicted octanol–water partition coefficient (Wildman–Crippen LogP) is 4.47. The molecule has 0 amide bonds. The van der Waals surface area contributed by atoms with Crippen molar-refractivity contribution in [3.63, 3.8) is 0 Å². The van der Waals surface area contributed by atoms with Crippen molar-refractivity contribution in [1.82, 2.24) is 23.9 Å². The zero-order chi connectivity index (χ0) is 29.4. The van der Waals surface area contributed by atoms with Crippen LogP contribution in [0.5, 0.6) is 5.75 Å². The van der Waals surface area contributed by atoms with Gasteiger partial charge < -0.3 is 14.9 Å². The van der Waals surface area contributed by atoms with Crippen LogP contribution < -0.4 is 10.4 Å². The number of hydrogen-bond donors (Lipinski definition) is 2. The van der Waals surface area contributed by atoms with Crippen molar-refractivity contribution < 1.29 is 41.3 Å². The molecule has 40 heavy (non-hydrogen) atoms. The molecule has 4 rings (SSSR count). The van der Waals surface area contributed by atoms with Gasteiger partial charge in [-0.05, 0) is 36.8 Å². The summed E-state index contributed by atoms with van der Waals surface area (Å²) in [6.45, 7) is -0.267. The quantitative estimate of drug-likeness (QED) is 0.293. The highest BCUT2D eigenvalue weighted by Gasteiger charge is 2.39. The van der Waals surface area contributed by atoms with E-state index < -0.39 is 49.3 Å². The molecule has 0 fully saturated rings. The molecule has 0 spiro atoms. The topological polar surface area (TPSA) is 107 Å². The van der Waals surface area contributed by atoms with E-state index in [2.05, 4.69) is 14.8 Å². The van der Waals surface area contributed by atoms with Crippen LogP contribution in [-0.2, 0) is 13.1 Å². The molecule has 2 unspecified atom stereocenters. The molecule has 4 aromatic rings. The van der Waals surface area contributed by atoms with Gasteiger partial charge in [-0.1, -0.05) is 35.9 Å². The number of imidazole rings is 1. The number of hydrogen-bond acceptors (Lipinski definition) is 6. The maximum absolute atomic E-state index is 13.2. The van der Waals surface area contributed by atoms with Crippen LogP contribution in [0.25, 0.3) is 16.9 Å². The van der Waals surface area contributed by atoms with Crippen molar-refractivity contribution in [3.8, 4) is 22.7 Å². The summed E-state index contributed by atoms with van der Waals surface area (Å²) >= 11 is 5.89. The fraction of sp³-hybridized carbons (Fsp3) is 0.292. The third-order valence-corrected chi connectivity index (χ3v) is 5.85. The summed E-state index contributed by atoms with van der Waals surface area (Å²) < 4.78 is 84.8. The lowest BCUT2D eigenvalue weighted by Gasteiger charge is -2.16. The van der Waals surface area contributed by atoms with Crippen LogP contribution in [0.2, 0.25) is 5.02 Å². The fourth-order valence-electron chi connectivity index (χ4n) is 3.83. The number of nitrogens with zero attached hydrogens (tertiary/aromatic N) is 5. The molecule has 9 nitrogen and oxygen atoms in total. The van der Waals surface area contributed by atoms with Crippen LogP contribution in [0.3, 0.4) is 0 Å². The van der Waals surface area contributed by atoms with Crippen molar-refractivity contribution in [3.05, 3.63) is 81.9 Å². The average molecular weight is 592 g/mol. The number of aliphatic hydroxyl groups is 2. The molecular formula is C24H20ClF6N5O4. The lowest BCUT2D eigenvalue weighted by atomic mass is 10.1. The van der Waals surface area contributed by atoms with E-state index in [4.69, 9.17) is 11.6 Å². The fourth-order valence-corrected chi connectivity index (χ4v) is 3.95. The van der Waals surface area contributed by atoms with Crippen LogP contribution >= 0.6 is 11.6 Å². The molecule has 2 heterocycles. The minimum Gasteiger partial charge on any atom is -0.403 e. The molecule has 16 heteroatoms. The molecule has 2 aromatic heterocycles. The Morgan fingerprint density at radius 2 is 1.68 bits per heavy atom. The van der Waals surface area contributed by atoms with E-state index in [-0.39, 0.29) is 23.0 Å². The van der Waals surface area contributed by atoms with E-state index >= 15 is 0 Å². The molecule has 2 N–H and O–H groups in total. The molecule has 0 aliphatic rings. The molecular weight excluding hydrogens is 572 g/mol. The maximum Gasteiger partial charge on any atom is 0.573 e. The van der Waals surface area contributed by atoms with E-state index in [0.717, 1.165) is 19.9 Å². The molecule has 0 saturated heterocycles. The van der Waals surface area contributed by atoms with Gasteiger partial charge in [-0.15, -0.1) is 18.3 Å². The molecule has 0 radical (unpaired) electrons. The highest BCUT2D eigenvalue weighted by molar-refractivity contribution is 6.30. The Hall–Kier alpha value is -3.82. The van der Waals surface area contributed by atoms with Gasteiger partial charge >= 0.3 is 18.2 Å². The second-order valence-electron chi connectivity index (χ2n) is 8.59. The molecule has 0 aliphatic carbocycles. The Morgan fingerprint density at radius 3 is 2.27 bits per heavy atom. The number of aromatic nitrogens is 5. The molecule has 0 saturated carbocycles. The van der Waals surface area contributed by atoms with Gasteiger partial charge in [0.15, 0.2) is 23.5 Å². The zero-order valence-corrected chi connectivity index (χ0v) is 21.1. The van der Waals surface area contributed by atoms with Gasteiger partial charge in [0.05, 0.1) is 18.8 Å². The summed E-state index contributed by atoms with van der Waals surface area (Å²) in [5.41, 5.74) is -0.835. The van der Waals surface area contributed by atoms with Gasteiger partial charge in [0, 0.05) is 11.2 Å². The van der Waals surface area contributed by atoms with Crippen molar-refractivity contribution in [2.24, 2.45) is 0 Å². The summed E-state index contributed by atoms with van der Waals surface area (Å²) in [5, 5.41) is 24.3. The molecule has 2 atom stereocenters. The van der Waals surface area contributed by atoms with Gasteiger partial charge in [-0.3, -0.25) is 9.13 Å². The number of alkyl halides is 6. The smallest absolute Gasteiger partial charge is 0.403 e. The van der Waals surface area contributed by atoms with Crippen LogP contribution in [-0.4, -0.2) is 52.8 Å². The first-order valence-corrected chi connectivity index (χ1v) is 11.8. The minimum absolute atomic E-state index is 0.0177. The molecule has 2 aromatic carbocycles. The lowest BCUT2D eigenvalue weighted by Crippen LogP contribution is -2.37. The van der Waals surface area contributed by atoms with Gasteiger partial charge in [0.2, 0.25) is 0 Å². The van der Waals surface area contributed by atoms with Gasteiger partial charge in [-0.25, -0.2) is 14.5 Å². The monoisotopic (exact) mass is 591 g/mol. The van der Waals surface area contributed by atoms with Crippen molar-refractivity contribution in [1.29, 1.82) is 0 Å². The zero-order valence-electron chi connectivity index (χ0n) is 20.4. The maximum atomic E-state index is 13.2. The van der Waals surface area contributed by atoms with Crippen LogP contribution in [0.1, 0.15) is 24.7 Å². The van der Waals surface area contributed by atoms with Gasteiger partial charge in [-0.2, -0.15) is 13.2 Å². The lowest BCUT2D eigenvalue weighted by molar-refractivity contribution is -0.274. The first kappa shape index (κ1) is 29.2. The van der Waals surface area contributed by atoms with E-state index in [9.17, 15) is 41.4 Å². The Kier molecular flexibility index (Phi) is 8.01. The number of benzene rings is 2.